The van der Waals surface area contributed by atoms with Crippen LogP contribution in [0.15, 0.2) is 30.7 Å². The quantitative estimate of drug-likeness (QED) is 0.478. The molecule has 0 bridgehead atoms. The van der Waals surface area contributed by atoms with E-state index >= 15 is 0 Å². The van der Waals surface area contributed by atoms with E-state index in [1.165, 1.54) is 0 Å². The predicted octanol–water partition coefficient (Wildman–Crippen LogP) is 4.56. The molecular formula is C24H29N5O3S. The number of thiazole rings is 1. The Hall–Kier alpha value is -2.91. The predicted molar refractivity (Wildman–Crippen MR) is 128 cm³/mol. The second-order valence-electron chi connectivity index (χ2n) is 9.73. The van der Waals surface area contributed by atoms with Crippen molar-refractivity contribution in [3.63, 3.8) is 0 Å². The summed E-state index contributed by atoms with van der Waals surface area (Å²) >= 11 is 1.64. The van der Waals surface area contributed by atoms with Crippen LogP contribution in [0.1, 0.15) is 50.8 Å². The highest BCUT2D eigenvalue weighted by molar-refractivity contribution is 7.20. The van der Waals surface area contributed by atoms with E-state index in [1.807, 2.05) is 40.1 Å². The summed E-state index contributed by atoms with van der Waals surface area (Å²) in [4.78, 5) is 21.1. The summed E-state index contributed by atoms with van der Waals surface area (Å²) in [7, 11) is 1.89. The topological polar surface area (TPSA) is 84.9 Å². The maximum atomic E-state index is 12.3. The first kappa shape index (κ1) is 21.9. The minimum absolute atomic E-state index is 0.0456. The molecule has 0 saturated carbocycles. The smallest absolute Gasteiger partial charge is 0.410 e. The van der Waals surface area contributed by atoms with E-state index in [-0.39, 0.29) is 12.7 Å². The molecule has 4 heterocycles. The van der Waals surface area contributed by atoms with Crippen LogP contribution in [-0.2, 0) is 18.4 Å². The van der Waals surface area contributed by atoms with Gasteiger partial charge in [0.25, 0.3) is 0 Å². The molecule has 1 amide bonds. The Morgan fingerprint density at radius 1 is 1.21 bits per heavy atom. The minimum atomic E-state index is -0.473. The Bertz CT molecular complexity index is 1290. The van der Waals surface area contributed by atoms with Crippen molar-refractivity contribution in [1.29, 1.82) is 0 Å². The number of piperidine rings is 1. The highest BCUT2D eigenvalue weighted by atomic mass is 32.1. The molecule has 1 saturated heterocycles. The molecule has 4 aromatic rings. The molecular weight excluding hydrogens is 438 g/mol. The van der Waals surface area contributed by atoms with Crippen molar-refractivity contribution in [2.24, 2.45) is 7.05 Å². The number of aliphatic hydroxyl groups is 1. The largest absolute Gasteiger partial charge is 0.444 e. The summed E-state index contributed by atoms with van der Waals surface area (Å²) in [6, 6.07) is 4.12. The van der Waals surface area contributed by atoms with Gasteiger partial charge < -0.3 is 14.7 Å². The van der Waals surface area contributed by atoms with Gasteiger partial charge in [-0.25, -0.2) is 9.78 Å². The van der Waals surface area contributed by atoms with Crippen molar-refractivity contribution in [2.75, 3.05) is 13.1 Å². The lowest BCUT2D eigenvalue weighted by atomic mass is 9.94. The number of aliphatic hydroxyl groups excluding tert-OH is 1. The molecule has 0 radical (unpaired) electrons. The molecule has 8 nitrogen and oxygen atoms in total. The van der Waals surface area contributed by atoms with E-state index in [4.69, 9.17) is 9.72 Å². The van der Waals surface area contributed by atoms with Gasteiger partial charge in [0.05, 0.1) is 22.7 Å². The van der Waals surface area contributed by atoms with Gasteiger partial charge in [-0.1, -0.05) is 11.3 Å². The number of aryl methyl sites for hydroxylation is 1. The molecule has 1 aliphatic rings. The van der Waals surface area contributed by atoms with Crippen molar-refractivity contribution in [1.82, 2.24) is 24.1 Å². The number of aromatic nitrogens is 4. The van der Waals surface area contributed by atoms with Gasteiger partial charge in [-0.05, 0) is 51.3 Å². The fourth-order valence-electron chi connectivity index (χ4n) is 4.42. The average molecular weight is 468 g/mol. The molecule has 1 fully saturated rings. The van der Waals surface area contributed by atoms with E-state index in [1.54, 1.807) is 20.9 Å². The normalized spacial score (nSPS) is 15.6. The summed E-state index contributed by atoms with van der Waals surface area (Å²) in [6.07, 6.45) is 7.72. The standard InChI is InChI=1S/C24H29N5O3S/c1-24(2,3)32-23(31)28-7-5-15(6-8-28)19-12-29-13-20(33-22(29)25-19)16-9-17-11-27(4)26-21(17)18(10-16)14-30/h9-13,15,30H,5-8,14H2,1-4H3. The number of carbonyl (C=O) groups excluding carboxylic acids is 1. The van der Waals surface area contributed by atoms with Gasteiger partial charge in [0.2, 0.25) is 0 Å². The summed E-state index contributed by atoms with van der Waals surface area (Å²) in [5.74, 6) is 0.340. The lowest BCUT2D eigenvalue weighted by molar-refractivity contribution is 0.0204. The summed E-state index contributed by atoms with van der Waals surface area (Å²) in [5.41, 5.74) is 3.33. The second kappa shape index (κ2) is 8.14. The Morgan fingerprint density at radius 2 is 1.97 bits per heavy atom. The average Bonchev–Trinajstić information content (AvgIpc) is 3.43. The van der Waals surface area contributed by atoms with Crippen molar-refractivity contribution < 1.29 is 14.6 Å². The van der Waals surface area contributed by atoms with E-state index in [9.17, 15) is 9.90 Å². The third-order valence-electron chi connectivity index (χ3n) is 6.00. The molecule has 5 rings (SSSR count). The SMILES string of the molecule is Cn1cc2cc(-c3cn4cc(C5CCN(C(=O)OC(C)(C)C)CC5)nc4s3)cc(CO)c2n1. The molecule has 1 aromatic carbocycles. The Balaban J connectivity index is 1.33. The molecule has 3 aromatic heterocycles. The number of amides is 1. The lowest BCUT2D eigenvalue weighted by Crippen LogP contribution is -2.41. The molecule has 0 unspecified atom stereocenters. The molecule has 0 aliphatic carbocycles. The van der Waals surface area contributed by atoms with Crippen molar-refractivity contribution in [2.45, 2.75) is 51.7 Å². The van der Waals surface area contributed by atoms with E-state index in [2.05, 4.69) is 28.0 Å². The van der Waals surface area contributed by atoms with Crippen LogP contribution in [0, 0.1) is 0 Å². The van der Waals surface area contributed by atoms with Crippen LogP contribution in [0.25, 0.3) is 26.3 Å². The van der Waals surface area contributed by atoms with Crippen LogP contribution in [0.4, 0.5) is 4.79 Å². The molecule has 1 N–H and O–H groups in total. The van der Waals surface area contributed by atoms with Crippen molar-refractivity contribution in [3.8, 4) is 10.4 Å². The van der Waals surface area contributed by atoms with Crippen LogP contribution >= 0.6 is 11.3 Å². The van der Waals surface area contributed by atoms with Gasteiger partial charge >= 0.3 is 6.09 Å². The molecule has 174 valence electrons. The Kier molecular flexibility index (Phi) is 5.41. The molecule has 9 heteroatoms. The van der Waals surface area contributed by atoms with Crippen LogP contribution in [-0.4, -0.2) is 54.0 Å². The molecule has 0 spiro atoms. The van der Waals surface area contributed by atoms with E-state index in [0.717, 1.165) is 50.4 Å². The van der Waals surface area contributed by atoms with Gasteiger partial charge in [-0.2, -0.15) is 5.10 Å². The van der Waals surface area contributed by atoms with Crippen molar-refractivity contribution >= 4 is 33.3 Å². The first-order valence-corrected chi connectivity index (χ1v) is 12.1. The number of benzene rings is 1. The third kappa shape index (κ3) is 4.35. The highest BCUT2D eigenvalue weighted by Gasteiger charge is 2.28. The first-order chi connectivity index (χ1) is 15.7. The number of nitrogens with zero attached hydrogens (tertiary/aromatic N) is 5. The van der Waals surface area contributed by atoms with Gasteiger partial charge in [0.15, 0.2) is 4.96 Å². The molecule has 0 atom stereocenters. The van der Waals surface area contributed by atoms with E-state index in [0.29, 0.717) is 19.0 Å². The number of hydrogen-bond acceptors (Lipinski definition) is 6. The fourth-order valence-corrected chi connectivity index (χ4v) is 5.38. The third-order valence-corrected chi connectivity index (χ3v) is 7.04. The molecule has 33 heavy (non-hydrogen) atoms. The van der Waals surface area contributed by atoms with Gasteiger partial charge in [-0.15, -0.1) is 0 Å². The number of imidazole rings is 1. The maximum absolute atomic E-state index is 12.3. The summed E-state index contributed by atoms with van der Waals surface area (Å²) in [5, 5.41) is 15.3. The van der Waals surface area contributed by atoms with Gasteiger partial charge in [0.1, 0.15) is 5.60 Å². The fraction of sp³-hybridized carbons (Fsp3) is 0.458. The summed E-state index contributed by atoms with van der Waals surface area (Å²) in [6.45, 7) is 7.00. The number of rotatable bonds is 3. The van der Waals surface area contributed by atoms with Crippen LogP contribution in [0.5, 0.6) is 0 Å². The van der Waals surface area contributed by atoms with Crippen LogP contribution < -0.4 is 0 Å². The monoisotopic (exact) mass is 467 g/mol. The summed E-state index contributed by atoms with van der Waals surface area (Å²) < 4.78 is 9.36. The van der Waals surface area contributed by atoms with Crippen molar-refractivity contribution in [3.05, 3.63) is 42.0 Å². The highest BCUT2D eigenvalue weighted by Crippen LogP contribution is 2.35. The zero-order valence-electron chi connectivity index (χ0n) is 19.4. The maximum Gasteiger partial charge on any atom is 0.410 e. The van der Waals surface area contributed by atoms with Gasteiger partial charge in [-0.3, -0.25) is 9.08 Å². The zero-order valence-corrected chi connectivity index (χ0v) is 20.2. The lowest BCUT2D eigenvalue weighted by Gasteiger charge is -2.32. The van der Waals surface area contributed by atoms with Crippen LogP contribution in [0.2, 0.25) is 0 Å². The van der Waals surface area contributed by atoms with Gasteiger partial charge in [0, 0.05) is 55.6 Å². The zero-order chi connectivity index (χ0) is 23.3. The molecule has 1 aliphatic heterocycles. The number of likely N-dealkylation sites (tertiary alicyclic amines) is 1. The Labute approximate surface area is 196 Å². The first-order valence-electron chi connectivity index (χ1n) is 11.2. The number of hydrogen-bond donors (Lipinski definition) is 1. The Morgan fingerprint density at radius 3 is 2.64 bits per heavy atom. The number of fused-ring (bicyclic) bond motifs is 2. The van der Waals surface area contributed by atoms with E-state index < -0.39 is 5.60 Å². The number of ether oxygens (including phenoxy) is 1. The van der Waals surface area contributed by atoms with Crippen LogP contribution in [0.3, 0.4) is 0 Å². The number of carbonyl (C=O) groups is 1. The second-order valence-corrected chi connectivity index (χ2v) is 10.7. The minimum Gasteiger partial charge on any atom is -0.444 e.